The molecule has 0 aromatic heterocycles. The molecule has 3 rings (SSSR count). The number of hydrogen-bond donors (Lipinski definition) is 2. The van der Waals surface area contributed by atoms with Gasteiger partial charge in [0, 0.05) is 41.1 Å². The summed E-state index contributed by atoms with van der Waals surface area (Å²) >= 11 is 1.83. The lowest BCUT2D eigenvalue weighted by Crippen LogP contribution is -2.43. The minimum atomic E-state index is -5.74. The molecule has 1 heterocycles. The van der Waals surface area contributed by atoms with E-state index < -0.39 is 26.3 Å². The van der Waals surface area contributed by atoms with Crippen LogP contribution in [0.15, 0.2) is 63.2 Å². The minimum absolute atomic E-state index is 0.00780. The van der Waals surface area contributed by atoms with Gasteiger partial charge in [0.2, 0.25) is 5.91 Å². The van der Waals surface area contributed by atoms with E-state index in [2.05, 4.69) is 14.6 Å². The summed E-state index contributed by atoms with van der Waals surface area (Å²) in [6, 6.07) is 11.9. The molecule has 0 bridgehead atoms. The fourth-order valence-corrected chi connectivity index (χ4v) is 5.69. The maximum absolute atomic E-state index is 13.5. The average Bonchev–Trinajstić information content (AvgIpc) is 2.87. The highest BCUT2D eigenvalue weighted by molar-refractivity contribution is 7.99. The molecule has 1 aliphatic heterocycles. The summed E-state index contributed by atoms with van der Waals surface area (Å²) in [5, 5.41) is 2.86. The van der Waals surface area contributed by atoms with E-state index in [1.54, 1.807) is 4.90 Å². The predicted octanol–water partition coefficient (Wildman–Crippen LogP) is 3.63. The van der Waals surface area contributed by atoms with E-state index in [9.17, 15) is 26.4 Å². The quantitative estimate of drug-likeness (QED) is 0.180. The average molecular weight is 568 g/mol. The number of benzene rings is 2. The molecule has 0 radical (unpaired) electrons. The van der Waals surface area contributed by atoms with Crippen LogP contribution in [-0.4, -0.2) is 62.8 Å². The molecular formula is C21H24F3N3O6S3. The first-order valence-corrected chi connectivity index (χ1v) is 13.8. The van der Waals surface area contributed by atoms with Crippen molar-refractivity contribution in [3.8, 4) is 0 Å². The molecule has 0 unspecified atom stereocenters. The van der Waals surface area contributed by atoms with Gasteiger partial charge in [0.05, 0.1) is 30.9 Å². The van der Waals surface area contributed by atoms with Crippen molar-refractivity contribution in [2.45, 2.75) is 32.7 Å². The van der Waals surface area contributed by atoms with Crippen LogP contribution in [0.1, 0.15) is 6.42 Å². The normalized spacial score (nSPS) is 15.5. The number of morpholine rings is 1. The van der Waals surface area contributed by atoms with Crippen molar-refractivity contribution < 1.29 is 40.4 Å². The van der Waals surface area contributed by atoms with Crippen LogP contribution >= 0.6 is 23.8 Å². The van der Waals surface area contributed by atoms with Crippen LogP contribution in [0.5, 0.6) is 0 Å². The van der Waals surface area contributed by atoms with Gasteiger partial charge in [-0.3, -0.25) is 4.79 Å². The van der Waals surface area contributed by atoms with Crippen molar-refractivity contribution in [2.75, 3.05) is 37.4 Å². The standard InChI is InChI=1S/C21H24F3N3O6S3/c22-21(23,24)36(29,30)19-13-17(35-33-32-25)6-7-18(19)26-15(14-34-16-4-2-1-3-5-16)12-20(28)27-8-10-31-11-9-27/h1-7,13,15,26H,8-12,14,25H2/t15-/m1/s1. The predicted molar refractivity (Wildman–Crippen MR) is 128 cm³/mol. The number of amides is 1. The van der Waals surface area contributed by atoms with Gasteiger partial charge >= 0.3 is 5.51 Å². The van der Waals surface area contributed by atoms with E-state index in [1.807, 2.05) is 30.3 Å². The highest BCUT2D eigenvalue weighted by Gasteiger charge is 2.48. The molecule has 15 heteroatoms. The fourth-order valence-electron chi connectivity index (χ4n) is 3.32. The Bertz CT molecular complexity index is 1120. The van der Waals surface area contributed by atoms with Crippen LogP contribution in [0, 0.1) is 0 Å². The van der Waals surface area contributed by atoms with Crippen molar-refractivity contribution in [3.63, 3.8) is 0 Å². The summed E-state index contributed by atoms with van der Waals surface area (Å²) in [7, 11) is -5.74. The molecule has 1 aliphatic rings. The number of hydrogen-bond acceptors (Lipinski definition) is 10. The summed E-state index contributed by atoms with van der Waals surface area (Å²) < 4.78 is 74.8. The van der Waals surface area contributed by atoms with Crippen molar-refractivity contribution in [2.24, 2.45) is 5.90 Å². The Hall–Kier alpha value is -2.01. The van der Waals surface area contributed by atoms with Crippen molar-refractivity contribution in [1.29, 1.82) is 0 Å². The van der Waals surface area contributed by atoms with E-state index in [0.29, 0.717) is 38.3 Å². The number of thioether (sulfide) groups is 1. The second kappa shape index (κ2) is 13.0. The van der Waals surface area contributed by atoms with Crippen molar-refractivity contribution >= 4 is 45.2 Å². The Morgan fingerprint density at radius 1 is 1.14 bits per heavy atom. The second-order valence-corrected chi connectivity index (χ2v) is 11.3. The van der Waals surface area contributed by atoms with Gasteiger partial charge in [-0.05, 0) is 30.3 Å². The van der Waals surface area contributed by atoms with Gasteiger partial charge in [0.25, 0.3) is 9.84 Å². The van der Waals surface area contributed by atoms with E-state index in [-0.39, 0.29) is 28.7 Å². The number of anilines is 1. The summed E-state index contributed by atoms with van der Waals surface area (Å²) in [5.41, 5.74) is -5.84. The zero-order valence-electron chi connectivity index (χ0n) is 18.8. The molecule has 0 aliphatic carbocycles. The number of sulfone groups is 1. The van der Waals surface area contributed by atoms with Crippen LogP contribution in [0.4, 0.5) is 18.9 Å². The highest BCUT2D eigenvalue weighted by Crippen LogP contribution is 2.37. The molecule has 1 fully saturated rings. The van der Waals surface area contributed by atoms with E-state index in [1.165, 1.54) is 23.9 Å². The number of nitrogens with zero attached hydrogens (tertiary/aromatic N) is 1. The van der Waals surface area contributed by atoms with E-state index in [0.717, 1.165) is 11.0 Å². The first kappa shape index (κ1) is 28.6. The number of carbonyl (C=O) groups is 1. The SMILES string of the molecule is NOOSc1ccc(N[C@@H](CSc2ccccc2)CC(=O)N2CCOCC2)c(S(=O)(=O)C(F)(F)F)c1. The van der Waals surface area contributed by atoms with Crippen molar-refractivity contribution in [1.82, 2.24) is 4.90 Å². The topological polar surface area (TPSA) is 120 Å². The van der Waals surface area contributed by atoms with Gasteiger partial charge in [0.15, 0.2) is 0 Å². The Labute approximate surface area is 214 Å². The van der Waals surface area contributed by atoms with Crippen LogP contribution in [0.2, 0.25) is 0 Å². The van der Waals surface area contributed by atoms with Crippen LogP contribution in [-0.2, 0) is 28.7 Å². The third-order valence-electron chi connectivity index (χ3n) is 5.06. The number of halogens is 3. The molecule has 1 atom stereocenters. The van der Waals surface area contributed by atoms with Crippen molar-refractivity contribution in [3.05, 3.63) is 48.5 Å². The molecule has 198 valence electrons. The second-order valence-electron chi connectivity index (χ2n) is 7.52. The van der Waals surface area contributed by atoms with Gasteiger partial charge in [-0.25, -0.2) is 8.42 Å². The summed E-state index contributed by atoms with van der Waals surface area (Å²) in [4.78, 5) is 18.3. The molecule has 9 nitrogen and oxygen atoms in total. The largest absolute Gasteiger partial charge is 0.501 e. The van der Waals surface area contributed by atoms with Gasteiger partial charge < -0.3 is 15.0 Å². The first-order valence-electron chi connectivity index (χ1n) is 10.6. The molecule has 1 saturated heterocycles. The third kappa shape index (κ3) is 7.74. The third-order valence-corrected chi connectivity index (χ3v) is 8.35. The summed E-state index contributed by atoms with van der Waals surface area (Å²) in [5.74, 6) is 4.82. The number of ether oxygens (including phenoxy) is 1. The first-order chi connectivity index (χ1) is 17.1. The van der Waals surface area contributed by atoms with Crippen LogP contribution in [0.25, 0.3) is 0 Å². The lowest BCUT2D eigenvalue weighted by atomic mass is 10.2. The Morgan fingerprint density at radius 2 is 1.83 bits per heavy atom. The number of carbonyl (C=O) groups excluding carboxylic acids is 1. The molecule has 36 heavy (non-hydrogen) atoms. The van der Waals surface area contributed by atoms with Crippen LogP contribution < -0.4 is 11.2 Å². The lowest BCUT2D eigenvalue weighted by molar-refractivity contribution is -0.195. The lowest BCUT2D eigenvalue weighted by Gasteiger charge is -2.29. The molecule has 0 saturated carbocycles. The number of rotatable bonds is 11. The molecule has 2 aromatic carbocycles. The molecular weight excluding hydrogens is 543 g/mol. The van der Waals surface area contributed by atoms with Crippen LogP contribution in [0.3, 0.4) is 0 Å². The van der Waals surface area contributed by atoms with Gasteiger partial charge in [-0.2, -0.15) is 19.1 Å². The number of nitrogens with two attached hydrogens (primary N) is 1. The molecule has 0 spiro atoms. The van der Waals surface area contributed by atoms with Gasteiger partial charge in [-0.1, -0.05) is 18.2 Å². The highest BCUT2D eigenvalue weighted by atomic mass is 32.2. The number of nitrogens with one attached hydrogen (secondary N) is 1. The number of alkyl halides is 3. The van der Waals surface area contributed by atoms with Gasteiger partial charge in [-0.15, -0.1) is 21.1 Å². The zero-order chi connectivity index (χ0) is 26.2. The summed E-state index contributed by atoms with van der Waals surface area (Å²) in [6.45, 7) is 1.59. The minimum Gasteiger partial charge on any atom is -0.380 e. The monoisotopic (exact) mass is 567 g/mol. The molecule has 2 aromatic rings. The van der Waals surface area contributed by atoms with E-state index in [4.69, 9.17) is 10.6 Å². The Balaban J connectivity index is 1.90. The maximum atomic E-state index is 13.5. The summed E-state index contributed by atoms with van der Waals surface area (Å²) in [6.07, 6.45) is -0.0635. The fraction of sp³-hybridized carbons (Fsp3) is 0.381. The zero-order valence-corrected chi connectivity index (χ0v) is 21.2. The Morgan fingerprint density at radius 3 is 2.47 bits per heavy atom. The smallest absolute Gasteiger partial charge is 0.380 e. The Kier molecular flexibility index (Phi) is 10.3. The maximum Gasteiger partial charge on any atom is 0.501 e. The van der Waals surface area contributed by atoms with Gasteiger partial charge in [0.1, 0.15) is 4.90 Å². The molecule has 3 N–H and O–H groups in total. The van der Waals surface area contributed by atoms with E-state index >= 15 is 0 Å². The molecule has 1 amide bonds.